The van der Waals surface area contributed by atoms with E-state index in [-0.39, 0.29) is 23.3 Å². The molecule has 1 aromatic rings. The van der Waals surface area contributed by atoms with Crippen molar-refractivity contribution < 1.29 is 13.2 Å². The third-order valence-electron chi connectivity index (χ3n) is 3.12. The van der Waals surface area contributed by atoms with Gasteiger partial charge in [-0.1, -0.05) is 0 Å². The molecule has 0 aliphatic heterocycles. The van der Waals surface area contributed by atoms with Crippen molar-refractivity contribution in [1.29, 1.82) is 0 Å². The molecule has 1 unspecified atom stereocenters. The van der Waals surface area contributed by atoms with Crippen LogP contribution in [-0.2, 0) is 10.0 Å². The highest BCUT2D eigenvalue weighted by molar-refractivity contribution is 7.89. The first-order chi connectivity index (χ1) is 8.56. The van der Waals surface area contributed by atoms with Gasteiger partial charge in [-0.25, -0.2) is 13.1 Å². The van der Waals surface area contributed by atoms with E-state index in [0.717, 1.165) is 12.8 Å². The van der Waals surface area contributed by atoms with Gasteiger partial charge in [0.2, 0.25) is 10.0 Å². The zero-order valence-electron chi connectivity index (χ0n) is 10.7. The van der Waals surface area contributed by atoms with E-state index >= 15 is 0 Å². The molecule has 0 amide bonds. The van der Waals surface area contributed by atoms with Gasteiger partial charge in [-0.05, 0) is 43.0 Å². The highest BCUT2D eigenvalue weighted by Gasteiger charge is 2.33. The summed E-state index contributed by atoms with van der Waals surface area (Å²) in [4.78, 5) is 0.238. The van der Waals surface area contributed by atoms with Crippen LogP contribution >= 0.6 is 12.4 Å². The van der Waals surface area contributed by atoms with Crippen LogP contribution in [0, 0.1) is 5.92 Å². The van der Waals surface area contributed by atoms with E-state index < -0.39 is 10.0 Å². The van der Waals surface area contributed by atoms with Gasteiger partial charge in [-0.3, -0.25) is 0 Å². The number of hydrogen-bond donors (Lipinski definition) is 2. The van der Waals surface area contributed by atoms with Crippen molar-refractivity contribution in [3.63, 3.8) is 0 Å². The summed E-state index contributed by atoms with van der Waals surface area (Å²) in [5.74, 6) is 1.02. The molecule has 0 radical (unpaired) electrons. The number of benzene rings is 1. The average molecular weight is 307 g/mol. The lowest BCUT2D eigenvalue weighted by Gasteiger charge is -2.16. The highest BCUT2D eigenvalue weighted by atomic mass is 35.5. The van der Waals surface area contributed by atoms with E-state index in [2.05, 4.69) is 4.72 Å². The minimum absolute atomic E-state index is 0. The van der Waals surface area contributed by atoms with Gasteiger partial charge in [0, 0.05) is 12.6 Å². The summed E-state index contributed by atoms with van der Waals surface area (Å²) >= 11 is 0. The molecule has 2 rings (SSSR count). The van der Waals surface area contributed by atoms with Crippen molar-refractivity contribution in [3.05, 3.63) is 24.3 Å². The van der Waals surface area contributed by atoms with E-state index in [1.165, 1.54) is 12.1 Å². The molecule has 1 aliphatic rings. The average Bonchev–Trinajstić information content (AvgIpc) is 3.20. The van der Waals surface area contributed by atoms with Gasteiger partial charge < -0.3 is 10.5 Å². The van der Waals surface area contributed by atoms with E-state index in [1.54, 1.807) is 19.2 Å². The van der Waals surface area contributed by atoms with Crippen LogP contribution in [0.25, 0.3) is 0 Å². The van der Waals surface area contributed by atoms with Gasteiger partial charge in [-0.15, -0.1) is 12.4 Å². The van der Waals surface area contributed by atoms with Gasteiger partial charge in [-0.2, -0.15) is 0 Å². The Bertz CT molecular complexity index is 500. The molecule has 1 saturated carbocycles. The summed E-state index contributed by atoms with van der Waals surface area (Å²) in [6.07, 6.45) is 2.10. The third-order valence-corrected chi connectivity index (χ3v) is 4.63. The molecule has 0 bridgehead atoms. The minimum atomic E-state index is -3.49. The van der Waals surface area contributed by atoms with E-state index in [9.17, 15) is 8.42 Å². The van der Waals surface area contributed by atoms with Gasteiger partial charge in [0.25, 0.3) is 0 Å². The van der Waals surface area contributed by atoms with Crippen molar-refractivity contribution in [1.82, 2.24) is 4.72 Å². The van der Waals surface area contributed by atoms with Crippen molar-refractivity contribution in [2.75, 3.05) is 13.7 Å². The van der Waals surface area contributed by atoms with Crippen LogP contribution in [0.3, 0.4) is 0 Å². The Morgan fingerprint density at radius 2 is 1.95 bits per heavy atom. The molecule has 7 heteroatoms. The number of hydrogen-bond acceptors (Lipinski definition) is 4. The third kappa shape index (κ3) is 4.07. The fourth-order valence-corrected chi connectivity index (χ4v) is 3.18. The van der Waals surface area contributed by atoms with Crippen molar-refractivity contribution in [2.24, 2.45) is 11.7 Å². The first-order valence-electron chi connectivity index (χ1n) is 5.93. The zero-order valence-corrected chi connectivity index (χ0v) is 12.3. The first kappa shape index (κ1) is 16.2. The molecule has 0 heterocycles. The zero-order chi connectivity index (χ0) is 13.2. The summed E-state index contributed by atoms with van der Waals surface area (Å²) in [6, 6.07) is 6.16. The number of nitrogens with two attached hydrogens (primary N) is 1. The lowest BCUT2D eigenvalue weighted by atomic mass is 10.2. The van der Waals surface area contributed by atoms with Crippen LogP contribution in [0.2, 0.25) is 0 Å². The maximum atomic E-state index is 12.1. The molecule has 1 aliphatic carbocycles. The largest absolute Gasteiger partial charge is 0.497 e. The smallest absolute Gasteiger partial charge is 0.240 e. The molecule has 108 valence electrons. The summed E-state index contributed by atoms with van der Waals surface area (Å²) < 4.78 is 31.9. The Morgan fingerprint density at radius 3 is 2.37 bits per heavy atom. The summed E-state index contributed by atoms with van der Waals surface area (Å²) in [6.45, 7) is 0.333. The Morgan fingerprint density at radius 1 is 1.37 bits per heavy atom. The number of halogens is 1. The SMILES string of the molecule is COc1ccc(S(=O)(=O)NC(CN)C2CC2)cc1.Cl. The quantitative estimate of drug-likeness (QED) is 0.825. The van der Waals surface area contributed by atoms with Crippen LogP contribution < -0.4 is 15.2 Å². The Labute approximate surface area is 120 Å². The normalized spacial score (nSPS) is 16.5. The lowest BCUT2D eigenvalue weighted by molar-refractivity contribution is 0.414. The molecule has 5 nitrogen and oxygen atoms in total. The standard InChI is InChI=1S/C12H18N2O3S.ClH/c1-17-10-4-6-11(7-5-10)18(15,16)14-12(8-13)9-2-3-9;/h4-7,9,12,14H,2-3,8,13H2,1H3;1H. The number of rotatable bonds is 6. The van der Waals surface area contributed by atoms with E-state index in [0.29, 0.717) is 18.2 Å². The fraction of sp³-hybridized carbons (Fsp3) is 0.500. The Kier molecular flexibility index (Phi) is 5.61. The van der Waals surface area contributed by atoms with Gasteiger partial charge in [0.1, 0.15) is 5.75 Å². The van der Waals surface area contributed by atoms with Crippen LogP contribution in [0.1, 0.15) is 12.8 Å². The Balaban J connectivity index is 0.00000180. The predicted octanol–water partition coefficient (Wildman–Crippen LogP) is 1.13. The molecule has 19 heavy (non-hydrogen) atoms. The van der Waals surface area contributed by atoms with E-state index in [4.69, 9.17) is 10.5 Å². The Hall–Kier alpha value is -0.820. The summed E-state index contributed by atoms with van der Waals surface area (Å²) in [5.41, 5.74) is 5.60. The number of nitrogens with one attached hydrogen (secondary N) is 1. The topological polar surface area (TPSA) is 81.4 Å². The van der Waals surface area contributed by atoms with Crippen LogP contribution in [0.5, 0.6) is 5.75 Å². The molecule has 0 saturated heterocycles. The molecular weight excluding hydrogens is 288 g/mol. The fourth-order valence-electron chi connectivity index (χ4n) is 1.86. The van der Waals surface area contributed by atoms with Crippen LogP contribution in [0.4, 0.5) is 0 Å². The predicted molar refractivity (Wildman–Crippen MR) is 76.1 cm³/mol. The molecular formula is C12H19ClN2O3S. The number of methoxy groups -OCH3 is 1. The summed E-state index contributed by atoms with van der Waals surface area (Å²) in [5, 5.41) is 0. The first-order valence-corrected chi connectivity index (χ1v) is 7.41. The molecule has 3 N–H and O–H groups in total. The summed E-state index contributed by atoms with van der Waals surface area (Å²) in [7, 11) is -1.95. The van der Waals surface area contributed by atoms with Crippen LogP contribution in [0.15, 0.2) is 29.2 Å². The maximum Gasteiger partial charge on any atom is 0.240 e. The maximum absolute atomic E-state index is 12.1. The minimum Gasteiger partial charge on any atom is -0.497 e. The molecule has 1 atom stereocenters. The lowest BCUT2D eigenvalue weighted by Crippen LogP contribution is -2.41. The highest BCUT2D eigenvalue weighted by Crippen LogP contribution is 2.32. The second kappa shape index (κ2) is 6.56. The van der Waals surface area contributed by atoms with Crippen molar-refractivity contribution >= 4 is 22.4 Å². The van der Waals surface area contributed by atoms with E-state index in [1.807, 2.05) is 0 Å². The molecule has 0 spiro atoms. The second-order valence-corrected chi connectivity index (χ2v) is 6.19. The number of ether oxygens (including phenoxy) is 1. The molecule has 1 aromatic carbocycles. The van der Waals surface area contributed by atoms with Crippen LogP contribution in [-0.4, -0.2) is 28.1 Å². The molecule has 1 fully saturated rings. The monoisotopic (exact) mass is 306 g/mol. The van der Waals surface area contributed by atoms with Gasteiger partial charge >= 0.3 is 0 Å². The molecule has 0 aromatic heterocycles. The van der Waals surface area contributed by atoms with Gasteiger partial charge in [0.15, 0.2) is 0 Å². The number of sulfonamides is 1. The van der Waals surface area contributed by atoms with Gasteiger partial charge in [0.05, 0.1) is 12.0 Å². The van der Waals surface area contributed by atoms with Crippen molar-refractivity contribution in [2.45, 2.75) is 23.8 Å². The second-order valence-electron chi connectivity index (χ2n) is 4.48. The van der Waals surface area contributed by atoms with Crippen molar-refractivity contribution in [3.8, 4) is 5.75 Å².